The second-order valence-electron chi connectivity index (χ2n) is 8.85. The number of nitrogens with one attached hydrogen (secondary N) is 1. The third-order valence-electron chi connectivity index (χ3n) is 7.02. The van der Waals surface area contributed by atoms with Crippen molar-refractivity contribution in [2.45, 2.75) is 31.6 Å². The summed E-state index contributed by atoms with van der Waals surface area (Å²) in [7, 11) is 1.58. The molecule has 1 atom stereocenters. The first-order valence-electron chi connectivity index (χ1n) is 11.2. The molecule has 3 aromatic carbocycles. The van der Waals surface area contributed by atoms with Gasteiger partial charge < -0.3 is 10.1 Å². The minimum Gasteiger partial charge on any atom is -0.496 e. The molecule has 2 bridgehead atoms. The first kappa shape index (κ1) is 20.5. The van der Waals surface area contributed by atoms with E-state index in [1.54, 1.807) is 25.3 Å². The van der Waals surface area contributed by atoms with Crippen LogP contribution in [0.2, 0.25) is 0 Å². The van der Waals surface area contributed by atoms with E-state index in [0.717, 1.165) is 12.0 Å². The van der Waals surface area contributed by atoms with E-state index in [9.17, 15) is 9.59 Å². The van der Waals surface area contributed by atoms with Gasteiger partial charge in [-0.15, -0.1) is 0 Å². The van der Waals surface area contributed by atoms with Crippen LogP contribution in [0.15, 0.2) is 66.7 Å². The van der Waals surface area contributed by atoms with Crippen LogP contribution in [0.3, 0.4) is 0 Å². The van der Waals surface area contributed by atoms with Crippen LogP contribution in [0.25, 0.3) is 0 Å². The van der Waals surface area contributed by atoms with Gasteiger partial charge >= 0.3 is 0 Å². The Morgan fingerprint density at radius 1 is 0.938 bits per heavy atom. The summed E-state index contributed by atoms with van der Waals surface area (Å²) in [4.78, 5) is 24.6. The highest BCUT2D eigenvalue weighted by Crippen LogP contribution is 2.55. The van der Waals surface area contributed by atoms with Crippen LogP contribution in [-0.4, -0.2) is 25.3 Å². The number of fused-ring (bicyclic) bond motifs is 1. The van der Waals surface area contributed by atoms with Gasteiger partial charge in [-0.25, -0.2) is 0 Å². The summed E-state index contributed by atoms with van der Waals surface area (Å²) in [6, 6.07) is 22.7. The molecular formula is C28H27NO3. The number of carbonyl (C=O) groups is 2. The molecule has 4 heteroatoms. The normalized spacial score (nSPS) is 20.2. The summed E-state index contributed by atoms with van der Waals surface area (Å²) in [5.74, 6) is 1.62. The lowest BCUT2D eigenvalue weighted by atomic mass is 9.59. The molecule has 3 aliphatic carbocycles. The summed E-state index contributed by atoms with van der Waals surface area (Å²) < 4.78 is 5.40. The molecule has 162 valence electrons. The van der Waals surface area contributed by atoms with E-state index >= 15 is 0 Å². The fourth-order valence-electron chi connectivity index (χ4n) is 5.58. The van der Waals surface area contributed by atoms with Crippen LogP contribution >= 0.6 is 0 Å². The number of benzene rings is 3. The fourth-order valence-corrected chi connectivity index (χ4v) is 5.58. The van der Waals surface area contributed by atoms with Crippen molar-refractivity contribution < 1.29 is 14.3 Å². The minimum absolute atomic E-state index is 0.0233. The van der Waals surface area contributed by atoms with Gasteiger partial charge in [0.1, 0.15) is 5.75 Å². The third-order valence-corrected chi connectivity index (χ3v) is 7.02. The second-order valence-corrected chi connectivity index (χ2v) is 8.85. The molecule has 0 aliphatic heterocycles. The number of ether oxygens (including phenoxy) is 1. The Hall–Kier alpha value is -3.40. The lowest BCUT2D eigenvalue weighted by Gasteiger charge is -2.45. The van der Waals surface area contributed by atoms with Gasteiger partial charge in [0, 0.05) is 29.5 Å². The number of Topliss-reactive ketones (excluding diaryl/α,β-unsaturated/α-hetero) is 1. The number of amides is 1. The van der Waals surface area contributed by atoms with E-state index in [2.05, 4.69) is 53.8 Å². The van der Waals surface area contributed by atoms with Crippen molar-refractivity contribution in [1.82, 2.24) is 5.32 Å². The Morgan fingerprint density at radius 3 is 2.16 bits per heavy atom. The predicted molar refractivity (Wildman–Crippen MR) is 124 cm³/mol. The van der Waals surface area contributed by atoms with Crippen molar-refractivity contribution in [1.29, 1.82) is 0 Å². The molecule has 0 fully saturated rings. The Kier molecular flexibility index (Phi) is 5.30. The van der Waals surface area contributed by atoms with E-state index < -0.39 is 0 Å². The minimum atomic E-state index is -0.0491. The van der Waals surface area contributed by atoms with Crippen LogP contribution in [0, 0.1) is 5.92 Å². The Bertz CT molecular complexity index is 1150. The molecule has 6 rings (SSSR count). The maximum absolute atomic E-state index is 12.9. The molecule has 1 N–H and O–H groups in total. The smallest absolute Gasteiger partial charge is 0.224 e. The van der Waals surface area contributed by atoms with Gasteiger partial charge in [-0.2, -0.15) is 0 Å². The van der Waals surface area contributed by atoms with Crippen molar-refractivity contribution in [2.24, 2.45) is 5.92 Å². The first-order valence-corrected chi connectivity index (χ1v) is 11.2. The van der Waals surface area contributed by atoms with Crippen molar-refractivity contribution in [3.05, 3.63) is 100 Å². The average molecular weight is 426 g/mol. The molecule has 3 aliphatic rings. The molecular weight excluding hydrogens is 398 g/mol. The maximum Gasteiger partial charge on any atom is 0.224 e. The van der Waals surface area contributed by atoms with Crippen LogP contribution in [0.1, 0.15) is 63.4 Å². The molecule has 1 unspecified atom stereocenters. The number of carbonyl (C=O) groups excluding carboxylic acids is 2. The molecule has 0 heterocycles. The number of methoxy groups -OCH3 is 1. The summed E-state index contributed by atoms with van der Waals surface area (Å²) in [5.41, 5.74) is 6.99. The second kappa shape index (κ2) is 8.27. The standard InChI is InChI=1S/C28H27NO3/c1-17(30)18-11-12-26(32-2)19(13-18)15-27(31)29-16-20-14-25-21-7-3-5-9-23(21)28(20)24-10-6-4-8-22(24)25/h3-13,20,25,28H,14-16H2,1-2H3,(H,29,31). The molecule has 0 aromatic heterocycles. The zero-order valence-electron chi connectivity index (χ0n) is 18.4. The lowest BCUT2D eigenvalue weighted by molar-refractivity contribution is -0.120. The Balaban J connectivity index is 1.34. The van der Waals surface area contributed by atoms with E-state index in [-0.39, 0.29) is 18.1 Å². The maximum atomic E-state index is 12.9. The highest BCUT2D eigenvalue weighted by Gasteiger charge is 2.42. The molecule has 0 saturated carbocycles. The molecule has 4 nitrogen and oxygen atoms in total. The van der Waals surface area contributed by atoms with Gasteiger partial charge in [-0.1, -0.05) is 48.5 Å². The predicted octanol–water partition coefficient (Wildman–Crippen LogP) is 4.85. The molecule has 1 amide bonds. The van der Waals surface area contributed by atoms with Gasteiger partial charge in [0.2, 0.25) is 5.91 Å². The summed E-state index contributed by atoms with van der Waals surface area (Å²) in [6.45, 7) is 2.16. The third kappa shape index (κ3) is 3.50. The highest BCUT2D eigenvalue weighted by atomic mass is 16.5. The number of hydrogen-bond acceptors (Lipinski definition) is 3. The van der Waals surface area contributed by atoms with Crippen molar-refractivity contribution >= 4 is 11.7 Å². The Morgan fingerprint density at radius 2 is 1.56 bits per heavy atom. The quantitative estimate of drug-likeness (QED) is 0.574. The lowest BCUT2D eigenvalue weighted by Crippen LogP contribution is -2.39. The van der Waals surface area contributed by atoms with Gasteiger partial charge in [-0.3, -0.25) is 9.59 Å². The van der Waals surface area contributed by atoms with Gasteiger partial charge in [0.25, 0.3) is 0 Å². The van der Waals surface area contributed by atoms with Crippen molar-refractivity contribution in [3.63, 3.8) is 0 Å². The summed E-state index contributed by atoms with van der Waals surface area (Å²) >= 11 is 0. The van der Waals surface area contributed by atoms with E-state index in [1.165, 1.54) is 29.2 Å². The molecule has 0 radical (unpaired) electrons. The number of hydrogen-bond donors (Lipinski definition) is 1. The molecule has 0 spiro atoms. The number of rotatable bonds is 6. The zero-order chi connectivity index (χ0) is 22.2. The van der Waals surface area contributed by atoms with Crippen LogP contribution in [0.5, 0.6) is 5.75 Å². The van der Waals surface area contributed by atoms with Crippen LogP contribution in [-0.2, 0) is 11.2 Å². The van der Waals surface area contributed by atoms with E-state index in [1.807, 2.05) is 0 Å². The zero-order valence-corrected chi connectivity index (χ0v) is 18.4. The van der Waals surface area contributed by atoms with E-state index in [4.69, 9.17) is 4.74 Å². The average Bonchev–Trinajstić information content (AvgIpc) is 2.82. The van der Waals surface area contributed by atoms with Crippen molar-refractivity contribution in [3.8, 4) is 5.75 Å². The van der Waals surface area contributed by atoms with Crippen molar-refractivity contribution in [2.75, 3.05) is 13.7 Å². The largest absolute Gasteiger partial charge is 0.496 e. The highest BCUT2D eigenvalue weighted by molar-refractivity contribution is 5.94. The van der Waals surface area contributed by atoms with Crippen LogP contribution in [0.4, 0.5) is 0 Å². The number of ketones is 1. The summed E-state index contributed by atoms with van der Waals surface area (Å²) in [6.07, 6.45) is 1.24. The van der Waals surface area contributed by atoms with Crippen LogP contribution < -0.4 is 10.1 Å². The first-order chi connectivity index (χ1) is 15.6. The van der Waals surface area contributed by atoms with Gasteiger partial charge in [0.15, 0.2) is 5.78 Å². The van der Waals surface area contributed by atoms with E-state index in [0.29, 0.717) is 35.6 Å². The topological polar surface area (TPSA) is 55.4 Å². The summed E-state index contributed by atoms with van der Waals surface area (Å²) in [5, 5.41) is 3.17. The molecule has 32 heavy (non-hydrogen) atoms. The molecule has 0 saturated heterocycles. The monoisotopic (exact) mass is 425 g/mol. The van der Waals surface area contributed by atoms with Gasteiger partial charge in [-0.05, 0) is 59.7 Å². The van der Waals surface area contributed by atoms with Gasteiger partial charge in [0.05, 0.1) is 13.5 Å². The molecule has 3 aromatic rings. The fraction of sp³-hybridized carbons (Fsp3) is 0.286. The SMILES string of the molecule is COc1ccc(C(C)=O)cc1CC(=O)NCC1CC2c3ccccc3C1c1ccccc12. The Labute approximate surface area is 188 Å².